The predicted octanol–water partition coefficient (Wildman–Crippen LogP) is 8.42. The Morgan fingerprint density at radius 3 is 1.08 bits per heavy atom. The normalized spacial score (nSPS) is 31.3. The van der Waals surface area contributed by atoms with Gasteiger partial charge in [0.1, 0.15) is 0 Å². The fourth-order valence-electron chi connectivity index (χ4n) is 8.31. The highest BCUT2D eigenvalue weighted by atomic mass is 19.3. The summed E-state index contributed by atoms with van der Waals surface area (Å²) in [5, 5.41) is 0. The van der Waals surface area contributed by atoms with Gasteiger partial charge in [-0.15, -0.1) is 0 Å². The van der Waals surface area contributed by atoms with E-state index in [-0.39, 0.29) is 22.3 Å². The molecule has 0 unspecified atom stereocenters. The number of allylic oxidation sites excluding steroid dienone is 4. The minimum Gasteiger partial charge on any atom is -0.194 e. The van der Waals surface area contributed by atoms with Gasteiger partial charge in [0.2, 0.25) is 0 Å². The molecular weight excluding hydrogens is 512 g/mol. The van der Waals surface area contributed by atoms with Gasteiger partial charge in [0.15, 0.2) is 0 Å². The van der Waals surface area contributed by atoms with Crippen molar-refractivity contribution in [2.45, 2.75) is 47.4 Å². The van der Waals surface area contributed by atoms with Crippen molar-refractivity contribution in [2.24, 2.45) is 0 Å². The highest BCUT2D eigenvalue weighted by Crippen LogP contribution is 2.73. The molecule has 0 amide bonds. The molecule has 4 atom stereocenters. The molecule has 0 nitrogen and oxygen atoms in total. The van der Waals surface area contributed by atoms with E-state index < -0.39 is 69.6 Å². The Morgan fingerprint density at radius 2 is 0.737 bits per heavy atom. The van der Waals surface area contributed by atoms with E-state index in [9.17, 15) is 0 Å². The maximum absolute atomic E-state index is 16.2. The van der Waals surface area contributed by atoms with E-state index in [0.717, 1.165) is 0 Å². The van der Waals surface area contributed by atoms with E-state index >= 15 is 35.1 Å². The Hall–Kier alpha value is -3.42. The van der Waals surface area contributed by atoms with Crippen molar-refractivity contribution in [1.29, 1.82) is 0 Å². The van der Waals surface area contributed by atoms with Crippen LogP contribution in [0.1, 0.15) is 79.3 Å². The zero-order chi connectivity index (χ0) is 26.3. The van der Waals surface area contributed by atoms with Crippen molar-refractivity contribution in [3.8, 4) is 0 Å². The van der Waals surface area contributed by atoms with Crippen LogP contribution in [-0.4, -0.2) is 0 Å². The van der Waals surface area contributed by atoms with Crippen LogP contribution >= 0.6 is 0 Å². The summed E-state index contributed by atoms with van der Waals surface area (Å²) in [6, 6.07) is 8.85. The molecule has 0 aliphatic heterocycles. The summed E-state index contributed by atoms with van der Waals surface area (Å²) in [4.78, 5) is 0. The second-order valence-electron chi connectivity index (χ2n) is 11.0. The van der Waals surface area contributed by atoms with Crippen LogP contribution in [0.15, 0.2) is 71.8 Å². The summed E-state index contributed by atoms with van der Waals surface area (Å²) in [7, 11) is 0. The van der Waals surface area contributed by atoms with Crippen LogP contribution < -0.4 is 0 Å². The van der Waals surface area contributed by atoms with Gasteiger partial charge in [-0.1, -0.05) is 60.7 Å². The molecule has 8 aliphatic rings. The molecule has 0 radical (unpaired) electrons. The molecule has 10 bridgehead atoms. The molecule has 38 heavy (non-hydrogen) atoms. The number of alkyl halides is 8. The fraction of sp³-hybridized carbons (Fsp3) is 0.267. The first-order valence-electron chi connectivity index (χ1n) is 12.3. The van der Waals surface area contributed by atoms with Gasteiger partial charge >= 0.3 is 23.7 Å². The van der Waals surface area contributed by atoms with E-state index in [4.69, 9.17) is 0 Å². The van der Waals surface area contributed by atoms with Crippen LogP contribution in [0, 0.1) is 0 Å². The molecule has 8 aliphatic carbocycles. The molecule has 0 aromatic heterocycles. The van der Waals surface area contributed by atoms with E-state index in [0.29, 0.717) is 46.5 Å². The van der Waals surface area contributed by atoms with Crippen LogP contribution in [-0.2, 0) is 23.7 Å². The lowest BCUT2D eigenvalue weighted by Gasteiger charge is -2.52. The van der Waals surface area contributed by atoms with Gasteiger partial charge in [-0.25, -0.2) is 0 Å². The van der Waals surface area contributed by atoms with Crippen LogP contribution in [0.25, 0.3) is 0 Å². The van der Waals surface area contributed by atoms with Crippen LogP contribution in [0.4, 0.5) is 35.1 Å². The minimum absolute atomic E-state index is 0.374. The van der Waals surface area contributed by atoms with Gasteiger partial charge in [0.05, 0.1) is 0 Å². The number of halogens is 8. The van der Waals surface area contributed by atoms with Crippen molar-refractivity contribution in [1.82, 2.24) is 0 Å². The molecule has 11 rings (SSSR count). The molecule has 8 heteroatoms. The molecule has 3 aromatic rings. The summed E-state index contributed by atoms with van der Waals surface area (Å²) in [6.07, 6.45) is 3.19. The summed E-state index contributed by atoms with van der Waals surface area (Å²) in [5.41, 5.74) is -3.53. The van der Waals surface area contributed by atoms with E-state index in [2.05, 4.69) is 0 Å². The first-order valence-corrected chi connectivity index (χ1v) is 12.3. The Balaban J connectivity index is 1.62. The minimum atomic E-state index is -4.78. The lowest BCUT2D eigenvalue weighted by Crippen LogP contribution is -2.42. The lowest BCUT2D eigenvalue weighted by atomic mass is 9.50. The SMILES string of the molecule is FC1(F)c2ccc3c4c2[C@@H]2C5=C([C@H]4c4ccccc42)[C@@H]2C=C[C@H]5c4c(ccc(c42)C(F)(F)C3(F)F)C1(F)F. The fourth-order valence-corrected chi connectivity index (χ4v) is 8.31. The maximum Gasteiger partial charge on any atom is 0.340 e. The predicted molar refractivity (Wildman–Crippen MR) is 120 cm³/mol. The maximum atomic E-state index is 16.2. The number of benzene rings is 3. The largest absolute Gasteiger partial charge is 0.340 e. The van der Waals surface area contributed by atoms with Crippen LogP contribution in [0.3, 0.4) is 0 Å². The zero-order valence-electron chi connectivity index (χ0n) is 19.1. The molecule has 190 valence electrons. The Labute approximate surface area is 210 Å². The summed E-state index contributed by atoms with van der Waals surface area (Å²) in [5.74, 6) is -23.2. The summed E-state index contributed by atoms with van der Waals surface area (Å²) in [6.45, 7) is 0. The monoisotopic (exact) mass is 526 g/mol. The van der Waals surface area contributed by atoms with Gasteiger partial charge in [-0.05, 0) is 44.5 Å². The smallest absolute Gasteiger partial charge is 0.194 e. The van der Waals surface area contributed by atoms with Gasteiger partial charge in [0.25, 0.3) is 0 Å². The first-order chi connectivity index (χ1) is 17.9. The Kier molecular flexibility index (Phi) is 3.27. The van der Waals surface area contributed by atoms with Crippen LogP contribution in [0.5, 0.6) is 0 Å². The second kappa shape index (κ2) is 5.77. The highest BCUT2D eigenvalue weighted by molar-refractivity contribution is 5.79. The van der Waals surface area contributed by atoms with E-state index in [1.165, 1.54) is 0 Å². The molecular formula is C30H14F8. The molecule has 0 spiro atoms. The molecule has 3 aromatic carbocycles. The third-order valence-corrected chi connectivity index (χ3v) is 9.65. The quantitative estimate of drug-likeness (QED) is 0.204. The van der Waals surface area contributed by atoms with Crippen molar-refractivity contribution in [3.05, 3.63) is 127 Å². The molecule has 0 saturated heterocycles. The van der Waals surface area contributed by atoms with Gasteiger partial charge < -0.3 is 0 Å². The Bertz CT molecular complexity index is 1630. The summed E-state index contributed by atoms with van der Waals surface area (Å²) >= 11 is 0. The lowest BCUT2D eigenvalue weighted by molar-refractivity contribution is -0.228. The number of hydrogen-bond donors (Lipinski definition) is 0. The molecule has 0 fully saturated rings. The number of rotatable bonds is 0. The molecule has 0 saturated carbocycles. The van der Waals surface area contributed by atoms with E-state index in [1.54, 1.807) is 36.4 Å². The molecule has 0 heterocycles. The zero-order valence-corrected chi connectivity index (χ0v) is 19.1. The Morgan fingerprint density at radius 1 is 0.421 bits per heavy atom. The third kappa shape index (κ3) is 1.85. The number of hydrogen-bond acceptors (Lipinski definition) is 0. The average Bonchev–Trinajstić information content (AvgIpc) is 2.92. The second-order valence-corrected chi connectivity index (χ2v) is 11.0. The van der Waals surface area contributed by atoms with Gasteiger partial charge in [-0.3, -0.25) is 0 Å². The van der Waals surface area contributed by atoms with Gasteiger partial charge in [0, 0.05) is 45.9 Å². The summed E-state index contributed by atoms with van der Waals surface area (Å²) < 4.78 is 129. The van der Waals surface area contributed by atoms with Crippen LogP contribution in [0.2, 0.25) is 0 Å². The van der Waals surface area contributed by atoms with Crippen molar-refractivity contribution >= 4 is 0 Å². The highest BCUT2D eigenvalue weighted by Gasteiger charge is 2.69. The molecule has 0 N–H and O–H groups in total. The first kappa shape index (κ1) is 21.5. The van der Waals surface area contributed by atoms with Crippen molar-refractivity contribution < 1.29 is 35.1 Å². The topological polar surface area (TPSA) is 0 Å². The third-order valence-electron chi connectivity index (χ3n) is 9.65. The van der Waals surface area contributed by atoms with E-state index in [1.807, 2.05) is 0 Å². The average molecular weight is 526 g/mol. The standard InChI is InChI=1S/C30H14F8/c31-27(32)15-7-8-16-20-14-6-5-13(19(15)20)23-21-11-3-1-2-4-12(11)22(24(14)23)26-18(30(37,38)28(16,33)34)10-9-17(25(21)26)29(27,35)36/h1-10,13-14,21-22H/t13-,14+,21-,22+. The van der Waals surface area contributed by atoms with Gasteiger partial charge in [-0.2, -0.15) is 35.1 Å². The van der Waals surface area contributed by atoms with Crippen molar-refractivity contribution in [2.75, 3.05) is 0 Å². The van der Waals surface area contributed by atoms with Crippen molar-refractivity contribution in [3.63, 3.8) is 0 Å².